The van der Waals surface area contributed by atoms with E-state index in [0.717, 1.165) is 5.56 Å². The van der Waals surface area contributed by atoms with Gasteiger partial charge in [-0.05, 0) is 66.9 Å². The van der Waals surface area contributed by atoms with Crippen LogP contribution < -0.4 is 32.8 Å². The van der Waals surface area contributed by atoms with Gasteiger partial charge in [-0.1, -0.05) is 36.5 Å². The van der Waals surface area contributed by atoms with Crippen molar-refractivity contribution < 1.29 is 9.59 Å². The van der Waals surface area contributed by atoms with E-state index in [1.54, 1.807) is 55.7 Å². The molecule has 0 fully saturated rings. The highest BCUT2D eigenvalue weighted by Crippen LogP contribution is 2.35. The molecule has 6 N–H and O–H groups in total. The van der Waals surface area contributed by atoms with Crippen molar-refractivity contribution in [2.75, 3.05) is 17.4 Å². The smallest absolute Gasteiger partial charge is 0.254 e. The van der Waals surface area contributed by atoms with Gasteiger partial charge in [0.25, 0.3) is 11.5 Å². The highest BCUT2D eigenvalue weighted by atomic mass is 35.5. The Hall–Kier alpha value is -4.71. The minimum absolute atomic E-state index is 0.0294. The Morgan fingerprint density at radius 3 is 2.62 bits per heavy atom. The highest BCUT2D eigenvalue weighted by Gasteiger charge is 2.23. The lowest BCUT2D eigenvalue weighted by molar-refractivity contribution is -0.119. The predicted molar refractivity (Wildman–Crippen MR) is 177 cm³/mol. The number of nitrogens with two attached hydrogens (primary N) is 2. The topological polar surface area (TPSA) is 161 Å². The van der Waals surface area contributed by atoms with E-state index >= 15 is 0 Å². The molecular weight excluding hydrogens is 615 g/mol. The number of benzene rings is 2. The Bertz CT molecular complexity index is 1850. The van der Waals surface area contributed by atoms with Gasteiger partial charge in [0.05, 0.1) is 35.6 Å². The first-order valence-electron chi connectivity index (χ1n) is 14.2. The lowest BCUT2D eigenvalue weighted by Crippen LogP contribution is -2.28. The Morgan fingerprint density at radius 2 is 1.89 bits per heavy atom. The summed E-state index contributed by atoms with van der Waals surface area (Å²) >= 11 is 12.1. The van der Waals surface area contributed by atoms with Crippen LogP contribution in [0.1, 0.15) is 48.3 Å². The number of rotatable bonds is 5. The van der Waals surface area contributed by atoms with Crippen LogP contribution in [-0.2, 0) is 4.79 Å². The first-order chi connectivity index (χ1) is 21.5. The number of amides is 2. The fraction of sp³-hybridized carbons (Fsp3) is 0.219. The van der Waals surface area contributed by atoms with Crippen molar-refractivity contribution >= 4 is 46.4 Å². The lowest BCUT2D eigenvalue weighted by atomic mass is 9.94. The van der Waals surface area contributed by atoms with Gasteiger partial charge in [0.15, 0.2) is 0 Å². The van der Waals surface area contributed by atoms with Gasteiger partial charge in [0, 0.05) is 52.6 Å². The number of aromatic nitrogens is 3. The third-order valence-corrected chi connectivity index (χ3v) is 8.04. The van der Waals surface area contributed by atoms with Crippen LogP contribution >= 0.6 is 23.2 Å². The van der Waals surface area contributed by atoms with E-state index in [4.69, 9.17) is 34.8 Å². The van der Waals surface area contributed by atoms with Crippen molar-refractivity contribution in [2.45, 2.75) is 32.2 Å². The van der Waals surface area contributed by atoms with Crippen LogP contribution in [0.5, 0.6) is 0 Å². The maximum Gasteiger partial charge on any atom is 0.254 e. The molecule has 0 radical (unpaired) electrons. The zero-order valence-electron chi connectivity index (χ0n) is 24.6. The third kappa shape index (κ3) is 7.01. The van der Waals surface area contributed by atoms with Gasteiger partial charge in [-0.15, -0.1) is 0 Å². The van der Waals surface area contributed by atoms with E-state index < -0.39 is 6.04 Å². The molecule has 2 amide bonds. The Morgan fingerprint density at radius 1 is 1.09 bits per heavy atom. The van der Waals surface area contributed by atoms with Gasteiger partial charge >= 0.3 is 0 Å². The second kappa shape index (κ2) is 13.5. The molecule has 2 bridgehead atoms. The van der Waals surface area contributed by atoms with Crippen molar-refractivity contribution in [3.8, 4) is 22.4 Å². The second-order valence-corrected chi connectivity index (χ2v) is 11.6. The molecular formula is C32H32Cl2N8O3. The SMILES string of the molecule is CNC(=O)c1ccc2c(c1)-c1ccnc(c1)C(n1cnc(-c3cc(Cl)ccc3N(N)/C=C(\N)Cl)cc1=O)CCCC(C)C(=O)N2. The van der Waals surface area contributed by atoms with Gasteiger partial charge in [-0.25, -0.2) is 10.8 Å². The molecule has 13 heteroatoms. The van der Waals surface area contributed by atoms with Gasteiger partial charge < -0.3 is 16.4 Å². The Kier molecular flexibility index (Phi) is 9.52. The van der Waals surface area contributed by atoms with Crippen LogP contribution in [0.3, 0.4) is 0 Å². The summed E-state index contributed by atoms with van der Waals surface area (Å²) in [6.07, 6.45) is 6.22. The second-order valence-electron chi connectivity index (χ2n) is 10.7. The maximum absolute atomic E-state index is 13.7. The standard InChI is InChI=1S/C32H32Cl2N8O3/c1-18-4-3-5-28(26-13-19(10-11-38-26)22-12-20(32(45)37-2)6-8-24(22)40-31(18)44)41-17-39-25(15-30(41)43)23-14-21(33)7-9-27(23)42(36)16-29(34)35/h6-18,28H,3-5,35-36H2,1-2H3,(H,37,45)(H,40,44)/b29-16-. The molecule has 2 aromatic carbocycles. The fourth-order valence-electron chi connectivity index (χ4n) is 5.34. The molecule has 1 aliphatic heterocycles. The summed E-state index contributed by atoms with van der Waals surface area (Å²) < 4.78 is 1.54. The van der Waals surface area contributed by atoms with Gasteiger partial charge in [-0.3, -0.25) is 28.9 Å². The number of nitrogens with zero attached hydrogens (tertiary/aromatic N) is 4. The monoisotopic (exact) mass is 646 g/mol. The number of hydrazine groups is 1. The molecule has 0 saturated carbocycles. The number of fused-ring (bicyclic) bond motifs is 4. The summed E-state index contributed by atoms with van der Waals surface area (Å²) in [6, 6.07) is 14.7. The fourth-order valence-corrected chi connectivity index (χ4v) is 5.62. The van der Waals surface area contributed by atoms with Gasteiger partial charge in [0.2, 0.25) is 5.91 Å². The van der Waals surface area contributed by atoms with Crippen molar-refractivity contribution in [3.05, 3.63) is 105 Å². The number of halogens is 2. The number of carbonyl (C=O) groups excluding carboxylic acids is 2. The molecule has 11 nitrogen and oxygen atoms in total. The first-order valence-corrected chi connectivity index (χ1v) is 15.0. The maximum atomic E-state index is 13.7. The summed E-state index contributed by atoms with van der Waals surface area (Å²) in [6.45, 7) is 1.87. The van der Waals surface area contributed by atoms with E-state index in [1.165, 1.54) is 28.2 Å². The molecule has 232 valence electrons. The van der Waals surface area contributed by atoms with Crippen LogP contribution in [0.2, 0.25) is 5.02 Å². The quantitative estimate of drug-likeness (QED) is 0.134. The van der Waals surface area contributed by atoms with Crippen molar-refractivity contribution in [1.82, 2.24) is 19.9 Å². The van der Waals surface area contributed by atoms with Crippen molar-refractivity contribution in [3.63, 3.8) is 0 Å². The zero-order chi connectivity index (χ0) is 32.2. The molecule has 4 aromatic rings. The number of hydrogen-bond acceptors (Lipinski definition) is 8. The minimum atomic E-state index is -0.483. The number of pyridine rings is 1. The molecule has 0 saturated heterocycles. The number of hydrogen-bond donors (Lipinski definition) is 4. The van der Waals surface area contributed by atoms with Gasteiger partial charge in [0.1, 0.15) is 5.16 Å². The average Bonchev–Trinajstić information content (AvgIpc) is 3.02. The summed E-state index contributed by atoms with van der Waals surface area (Å²) in [5, 5.41) is 7.29. The van der Waals surface area contributed by atoms with Gasteiger partial charge in [-0.2, -0.15) is 0 Å². The van der Waals surface area contributed by atoms with Crippen LogP contribution in [-0.4, -0.2) is 33.4 Å². The van der Waals surface area contributed by atoms with E-state index in [9.17, 15) is 14.4 Å². The van der Waals surface area contributed by atoms with Crippen LogP contribution in [0.15, 0.2) is 83.3 Å². The third-order valence-electron chi connectivity index (χ3n) is 7.71. The summed E-state index contributed by atoms with van der Waals surface area (Å²) in [4.78, 5) is 48.6. The highest BCUT2D eigenvalue weighted by molar-refractivity contribution is 6.31. The zero-order valence-corrected chi connectivity index (χ0v) is 26.1. The molecule has 0 spiro atoms. The predicted octanol–water partition coefficient (Wildman–Crippen LogP) is 5.01. The molecule has 2 atom stereocenters. The summed E-state index contributed by atoms with van der Waals surface area (Å²) in [7, 11) is 1.56. The average molecular weight is 648 g/mol. The molecule has 5 rings (SSSR count). The van der Waals surface area contributed by atoms with Crippen molar-refractivity contribution in [1.29, 1.82) is 0 Å². The molecule has 2 unspecified atom stereocenters. The summed E-state index contributed by atoms with van der Waals surface area (Å²) in [5.41, 5.74) is 9.66. The van der Waals surface area contributed by atoms with Crippen LogP contribution in [0.4, 0.5) is 11.4 Å². The first kappa shape index (κ1) is 31.7. The van der Waals surface area contributed by atoms with E-state index in [2.05, 4.69) is 20.6 Å². The number of nitrogens with one attached hydrogen (secondary N) is 2. The lowest BCUT2D eigenvalue weighted by Gasteiger charge is -2.23. The van der Waals surface area contributed by atoms with E-state index in [-0.39, 0.29) is 28.4 Å². The summed E-state index contributed by atoms with van der Waals surface area (Å²) in [5.74, 6) is 5.48. The normalized spacial score (nSPS) is 16.9. The Labute approximate surface area is 269 Å². The van der Waals surface area contributed by atoms with Crippen LogP contribution in [0.25, 0.3) is 22.4 Å². The largest absolute Gasteiger partial charge is 0.388 e. The Balaban J connectivity index is 1.61. The van der Waals surface area contributed by atoms with Crippen molar-refractivity contribution in [2.24, 2.45) is 17.5 Å². The molecule has 2 aromatic heterocycles. The number of anilines is 2. The van der Waals surface area contributed by atoms with E-state index in [1.807, 2.05) is 13.0 Å². The number of carbonyl (C=O) groups is 2. The molecule has 45 heavy (non-hydrogen) atoms. The van der Waals surface area contributed by atoms with E-state index in [0.29, 0.717) is 63.7 Å². The minimum Gasteiger partial charge on any atom is -0.388 e. The molecule has 1 aliphatic rings. The molecule has 3 heterocycles. The van der Waals surface area contributed by atoms with Crippen LogP contribution in [0, 0.1) is 5.92 Å². The molecule has 0 aliphatic carbocycles.